The fourth-order valence-corrected chi connectivity index (χ4v) is 3.54. The van der Waals surface area contributed by atoms with E-state index < -0.39 is 23.9 Å². The summed E-state index contributed by atoms with van der Waals surface area (Å²) in [6.07, 6.45) is 0.150. The van der Waals surface area contributed by atoms with E-state index in [0.29, 0.717) is 25.3 Å². The van der Waals surface area contributed by atoms with Gasteiger partial charge in [-0.05, 0) is 38.6 Å². The van der Waals surface area contributed by atoms with Gasteiger partial charge in [0.2, 0.25) is 17.7 Å². The highest BCUT2D eigenvalue weighted by molar-refractivity contribution is 6.01. The number of carbonyl (C=O) groups excluding carboxylic acids is 4. The van der Waals surface area contributed by atoms with Gasteiger partial charge in [0, 0.05) is 20.1 Å². The predicted molar refractivity (Wildman–Crippen MR) is 128 cm³/mol. The Bertz CT molecular complexity index is 873. The molecule has 0 saturated heterocycles. The Morgan fingerprint density at radius 1 is 1.09 bits per heavy atom. The summed E-state index contributed by atoms with van der Waals surface area (Å²) in [5.74, 6) is -1.20. The molecule has 2 atom stereocenters. The second-order valence-electron chi connectivity index (χ2n) is 9.18. The first-order valence-corrected chi connectivity index (χ1v) is 11.6. The summed E-state index contributed by atoms with van der Waals surface area (Å²) in [7, 11) is 5.42. The van der Waals surface area contributed by atoms with Gasteiger partial charge in [-0.1, -0.05) is 26.0 Å². The molecule has 1 aromatic rings. The van der Waals surface area contributed by atoms with E-state index in [4.69, 9.17) is 4.74 Å². The maximum absolute atomic E-state index is 13.2. The molecule has 34 heavy (non-hydrogen) atoms. The van der Waals surface area contributed by atoms with Gasteiger partial charge >= 0.3 is 0 Å². The molecule has 0 aliphatic carbocycles. The number of nitrogens with one attached hydrogen (secondary N) is 3. The lowest BCUT2D eigenvalue weighted by Gasteiger charge is -2.27. The highest BCUT2D eigenvalue weighted by atomic mass is 16.5. The van der Waals surface area contributed by atoms with Crippen LogP contribution in [0.3, 0.4) is 0 Å². The van der Waals surface area contributed by atoms with Crippen LogP contribution in [0.1, 0.15) is 37.0 Å². The van der Waals surface area contributed by atoms with E-state index in [1.807, 2.05) is 32.8 Å². The molecule has 3 N–H and O–H groups in total. The normalized spacial score (nSPS) is 19.9. The third kappa shape index (κ3) is 8.33. The molecule has 1 aromatic carbocycles. The van der Waals surface area contributed by atoms with Crippen molar-refractivity contribution in [2.24, 2.45) is 5.92 Å². The minimum absolute atomic E-state index is 0.147. The van der Waals surface area contributed by atoms with Crippen LogP contribution in [0, 0.1) is 5.92 Å². The molecule has 4 amide bonds. The molecule has 0 aromatic heterocycles. The Morgan fingerprint density at radius 3 is 2.47 bits per heavy atom. The van der Waals surface area contributed by atoms with Gasteiger partial charge in [-0.2, -0.15) is 0 Å². The van der Waals surface area contributed by atoms with E-state index in [-0.39, 0.29) is 42.9 Å². The summed E-state index contributed by atoms with van der Waals surface area (Å²) in [6.45, 7) is 5.33. The van der Waals surface area contributed by atoms with Crippen molar-refractivity contribution in [1.82, 2.24) is 25.8 Å². The van der Waals surface area contributed by atoms with Crippen molar-refractivity contribution in [3.05, 3.63) is 29.8 Å². The highest BCUT2D eigenvalue weighted by Crippen LogP contribution is 2.18. The lowest BCUT2D eigenvalue weighted by atomic mass is 10.0. The van der Waals surface area contributed by atoms with Gasteiger partial charge in [0.05, 0.1) is 18.5 Å². The molecule has 0 fully saturated rings. The number of amides is 4. The molecule has 0 bridgehead atoms. The molecule has 0 spiro atoms. The Morgan fingerprint density at radius 2 is 1.79 bits per heavy atom. The maximum atomic E-state index is 13.2. The zero-order valence-electron chi connectivity index (χ0n) is 20.7. The zero-order chi connectivity index (χ0) is 25.3. The van der Waals surface area contributed by atoms with Gasteiger partial charge in [-0.3, -0.25) is 19.2 Å². The smallest absolute Gasteiger partial charge is 0.255 e. The van der Waals surface area contributed by atoms with E-state index in [1.165, 1.54) is 4.90 Å². The molecule has 10 heteroatoms. The Kier molecular flexibility index (Phi) is 10.3. The number of fused-ring (bicyclic) bond motifs is 1. The summed E-state index contributed by atoms with van der Waals surface area (Å²) in [5, 5.41) is 8.22. The number of ether oxygens (including phenoxy) is 1. The monoisotopic (exact) mass is 475 g/mol. The van der Waals surface area contributed by atoms with Crippen LogP contribution in [0.25, 0.3) is 0 Å². The lowest BCUT2D eigenvalue weighted by Crippen LogP contribution is -2.53. The molecule has 2 rings (SSSR count). The Hall–Kier alpha value is -3.14. The second-order valence-corrected chi connectivity index (χ2v) is 9.18. The molecule has 0 radical (unpaired) electrons. The number of nitrogens with zero attached hydrogens (tertiary/aromatic N) is 2. The van der Waals surface area contributed by atoms with Gasteiger partial charge in [-0.15, -0.1) is 0 Å². The van der Waals surface area contributed by atoms with Crippen LogP contribution in [0.2, 0.25) is 0 Å². The summed E-state index contributed by atoms with van der Waals surface area (Å²) in [5.41, 5.74) is 0.248. The van der Waals surface area contributed by atoms with E-state index in [1.54, 1.807) is 31.3 Å². The van der Waals surface area contributed by atoms with Crippen LogP contribution in [-0.4, -0.2) is 92.9 Å². The topological polar surface area (TPSA) is 120 Å². The third-order valence-electron chi connectivity index (χ3n) is 5.40. The van der Waals surface area contributed by atoms with E-state index in [2.05, 4.69) is 16.0 Å². The fourth-order valence-electron chi connectivity index (χ4n) is 3.54. The molecule has 10 nitrogen and oxygen atoms in total. The lowest BCUT2D eigenvalue weighted by molar-refractivity contribution is -0.135. The quantitative estimate of drug-likeness (QED) is 0.542. The van der Waals surface area contributed by atoms with Crippen molar-refractivity contribution < 1.29 is 23.9 Å². The average Bonchev–Trinajstić information content (AvgIpc) is 2.78. The summed E-state index contributed by atoms with van der Waals surface area (Å²) in [4.78, 5) is 55.3. The first-order valence-electron chi connectivity index (χ1n) is 11.6. The standard InChI is InChI=1S/C24H37N5O5/c1-16(2)14-18-23(32)25-10-13-34-20-9-7-6-8-17(20)22(31)27-19(15-21(30)26-18)24(33)29(5)12-11-28(3)4/h6-9,16,18-19H,10-15H2,1-5H3,(H,25,32)(H,26,30)(H,27,31)/t18-,19+/m1/s1. The van der Waals surface area contributed by atoms with Crippen molar-refractivity contribution in [2.45, 2.75) is 38.8 Å². The summed E-state index contributed by atoms with van der Waals surface area (Å²) < 4.78 is 5.73. The van der Waals surface area contributed by atoms with Crippen molar-refractivity contribution >= 4 is 23.6 Å². The van der Waals surface area contributed by atoms with Gasteiger partial charge in [-0.25, -0.2) is 0 Å². The number of likely N-dealkylation sites (N-methyl/N-ethyl adjacent to an activating group) is 2. The number of carbonyl (C=O) groups is 4. The zero-order valence-corrected chi connectivity index (χ0v) is 20.7. The SMILES string of the molecule is CC(C)C[C@H]1NC(=O)C[C@@H](C(=O)N(C)CCN(C)C)NC(=O)c2ccccc2OCCNC1=O. The van der Waals surface area contributed by atoms with E-state index >= 15 is 0 Å². The van der Waals surface area contributed by atoms with E-state index in [0.717, 1.165) is 0 Å². The number of rotatable bonds is 6. The van der Waals surface area contributed by atoms with Crippen LogP contribution in [0.4, 0.5) is 0 Å². The van der Waals surface area contributed by atoms with Crippen molar-refractivity contribution in [2.75, 3.05) is 47.4 Å². The molecule has 0 saturated carbocycles. The van der Waals surface area contributed by atoms with Crippen molar-refractivity contribution in [3.63, 3.8) is 0 Å². The van der Waals surface area contributed by atoms with Gasteiger partial charge < -0.3 is 30.5 Å². The molecule has 0 unspecified atom stereocenters. The van der Waals surface area contributed by atoms with E-state index in [9.17, 15) is 19.2 Å². The molecule has 1 aliphatic rings. The predicted octanol–water partition coefficient (Wildman–Crippen LogP) is 0.235. The number of para-hydroxylation sites is 1. The molecule has 1 heterocycles. The third-order valence-corrected chi connectivity index (χ3v) is 5.40. The fraction of sp³-hybridized carbons (Fsp3) is 0.583. The second kappa shape index (κ2) is 12.9. The molecule has 188 valence electrons. The largest absolute Gasteiger partial charge is 0.491 e. The van der Waals surface area contributed by atoms with Gasteiger partial charge in [0.1, 0.15) is 24.4 Å². The first-order chi connectivity index (χ1) is 16.1. The molecular weight excluding hydrogens is 438 g/mol. The number of benzene rings is 1. The number of hydrogen-bond donors (Lipinski definition) is 3. The first kappa shape index (κ1) is 27.1. The minimum Gasteiger partial charge on any atom is -0.491 e. The van der Waals surface area contributed by atoms with Crippen LogP contribution < -0.4 is 20.7 Å². The van der Waals surface area contributed by atoms with Crippen LogP contribution in [0.5, 0.6) is 5.75 Å². The Balaban J connectivity index is 2.33. The highest BCUT2D eigenvalue weighted by Gasteiger charge is 2.30. The maximum Gasteiger partial charge on any atom is 0.255 e. The van der Waals surface area contributed by atoms with Crippen LogP contribution in [-0.2, 0) is 14.4 Å². The minimum atomic E-state index is -1.10. The van der Waals surface area contributed by atoms with Crippen LogP contribution >= 0.6 is 0 Å². The average molecular weight is 476 g/mol. The van der Waals surface area contributed by atoms with Gasteiger partial charge in [0.15, 0.2) is 0 Å². The Labute approximate surface area is 201 Å². The summed E-state index contributed by atoms with van der Waals surface area (Å²) in [6, 6.07) is 4.81. The number of hydrogen-bond acceptors (Lipinski definition) is 6. The molecular formula is C24H37N5O5. The van der Waals surface area contributed by atoms with Gasteiger partial charge in [0.25, 0.3) is 5.91 Å². The van der Waals surface area contributed by atoms with Crippen molar-refractivity contribution in [1.29, 1.82) is 0 Å². The van der Waals surface area contributed by atoms with Crippen molar-refractivity contribution in [3.8, 4) is 5.75 Å². The summed E-state index contributed by atoms with van der Waals surface area (Å²) >= 11 is 0. The van der Waals surface area contributed by atoms with Crippen LogP contribution in [0.15, 0.2) is 24.3 Å². The molecule has 1 aliphatic heterocycles.